The molecule has 0 heterocycles. The molecule has 1 aromatic rings. The summed E-state index contributed by atoms with van der Waals surface area (Å²) in [6.07, 6.45) is 0.774. The quantitative estimate of drug-likeness (QED) is 0.156. The Morgan fingerprint density at radius 1 is 1.33 bits per heavy atom. The minimum absolute atomic E-state index is 0.264. The predicted molar refractivity (Wildman–Crippen MR) is 71.9 cm³/mol. The summed E-state index contributed by atoms with van der Waals surface area (Å²) in [5.74, 6) is -0.697. The lowest BCUT2D eigenvalue weighted by Crippen LogP contribution is -2.27. The number of imide groups is 1. The highest BCUT2D eigenvalue weighted by molar-refractivity contribution is 6.26. The van der Waals surface area contributed by atoms with E-state index in [0.29, 0.717) is 4.58 Å². The van der Waals surface area contributed by atoms with Gasteiger partial charge in [0.25, 0.3) is 5.91 Å². The summed E-state index contributed by atoms with van der Waals surface area (Å²) in [5.41, 5.74) is -0.0861. The first-order valence-electron chi connectivity index (χ1n) is 5.78. The summed E-state index contributed by atoms with van der Waals surface area (Å²) in [7, 11) is 0. The normalized spacial score (nSPS) is 11.0. The van der Waals surface area contributed by atoms with Crippen LogP contribution in [-0.2, 0) is 19.2 Å². The van der Waals surface area contributed by atoms with Crippen LogP contribution in [0.25, 0.3) is 5.57 Å². The molecule has 1 rings (SSSR count). The second kappa shape index (κ2) is 7.52. The summed E-state index contributed by atoms with van der Waals surface area (Å²) in [5, 5.41) is 6.47. The monoisotopic (exact) mass is 285 g/mol. The largest absolute Gasteiger partial charge is 0.347 e. The molecule has 106 valence electrons. The lowest BCUT2D eigenvalue weighted by atomic mass is 10.1. The fraction of sp³-hybridized carbons (Fsp3) is 0.143. The third-order valence-electron chi connectivity index (χ3n) is 2.24. The van der Waals surface area contributed by atoms with Crippen LogP contribution in [0.5, 0.6) is 0 Å². The Hall–Kier alpha value is -3.05. The van der Waals surface area contributed by atoms with Gasteiger partial charge >= 0.3 is 18.2 Å². The first kappa shape index (κ1) is 16.0. The van der Waals surface area contributed by atoms with Crippen molar-refractivity contribution >= 4 is 35.6 Å². The van der Waals surface area contributed by atoms with Gasteiger partial charge in [0.15, 0.2) is 0 Å². The van der Waals surface area contributed by atoms with Gasteiger partial charge in [-0.25, -0.2) is 14.4 Å². The summed E-state index contributed by atoms with van der Waals surface area (Å²) < 4.78 is 0.569. The number of amides is 3. The van der Waals surface area contributed by atoms with Crippen molar-refractivity contribution in [2.75, 3.05) is 0 Å². The van der Waals surface area contributed by atoms with Gasteiger partial charge in [0, 0.05) is 19.0 Å². The van der Waals surface area contributed by atoms with Crippen molar-refractivity contribution in [1.29, 1.82) is 0 Å². The SMILES string of the molecule is CC(=O)N=NC=[N+](C(C)=O)C(=O)C(=C=O)c1c[c-]ccc1. The van der Waals surface area contributed by atoms with E-state index in [4.69, 9.17) is 0 Å². The minimum atomic E-state index is -0.917. The lowest BCUT2D eigenvalue weighted by molar-refractivity contribution is -0.372. The highest BCUT2D eigenvalue weighted by atomic mass is 16.2. The fourth-order valence-corrected chi connectivity index (χ4v) is 1.33. The summed E-state index contributed by atoms with van der Waals surface area (Å²) in [4.78, 5) is 45.3. The van der Waals surface area contributed by atoms with Crippen LogP contribution in [0.1, 0.15) is 19.4 Å². The molecule has 0 spiro atoms. The zero-order chi connectivity index (χ0) is 15.8. The molecule has 21 heavy (non-hydrogen) atoms. The zero-order valence-corrected chi connectivity index (χ0v) is 11.4. The molecule has 0 radical (unpaired) electrons. The molecule has 0 aliphatic carbocycles. The topological polar surface area (TPSA) is 96.0 Å². The summed E-state index contributed by atoms with van der Waals surface area (Å²) >= 11 is 0. The van der Waals surface area contributed by atoms with E-state index in [1.807, 2.05) is 0 Å². The van der Waals surface area contributed by atoms with Crippen molar-refractivity contribution in [2.24, 2.45) is 10.2 Å². The van der Waals surface area contributed by atoms with Crippen LogP contribution in [-0.4, -0.2) is 34.6 Å². The maximum atomic E-state index is 12.2. The van der Waals surface area contributed by atoms with E-state index in [1.54, 1.807) is 12.1 Å². The Balaban J connectivity index is 3.20. The van der Waals surface area contributed by atoms with E-state index in [2.05, 4.69) is 16.3 Å². The van der Waals surface area contributed by atoms with Gasteiger partial charge in [-0.3, -0.25) is 4.79 Å². The zero-order valence-electron chi connectivity index (χ0n) is 11.4. The summed E-state index contributed by atoms with van der Waals surface area (Å²) in [6.45, 7) is 2.27. The number of carbonyl (C=O) groups is 3. The van der Waals surface area contributed by atoms with Gasteiger partial charge in [-0.2, -0.15) is 30.3 Å². The van der Waals surface area contributed by atoms with E-state index < -0.39 is 17.7 Å². The Labute approximate surface area is 120 Å². The van der Waals surface area contributed by atoms with Gasteiger partial charge in [-0.1, -0.05) is 0 Å². The molecular weight excluding hydrogens is 274 g/mol. The highest BCUT2D eigenvalue weighted by Gasteiger charge is 2.22. The maximum Gasteiger partial charge on any atom is 0.347 e. The molecule has 0 bridgehead atoms. The predicted octanol–water partition coefficient (Wildman–Crippen LogP) is 0.814. The number of nitrogens with zero attached hydrogens (tertiary/aromatic N) is 3. The van der Waals surface area contributed by atoms with Crippen molar-refractivity contribution in [3.8, 4) is 0 Å². The van der Waals surface area contributed by atoms with Gasteiger partial charge in [0.2, 0.25) is 0 Å². The molecule has 0 aliphatic heterocycles. The number of hydrogen-bond acceptors (Lipinski definition) is 4. The van der Waals surface area contributed by atoms with Gasteiger partial charge < -0.3 is 0 Å². The maximum absolute atomic E-state index is 12.2. The Morgan fingerprint density at radius 3 is 2.52 bits per heavy atom. The molecule has 0 unspecified atom stereocenters. The van der Waals surface area contributed by atoms with Crippen molar-refractivity contribution in [2.45, 2.75) is 13.8 Å². The van der Waals surface area contributed by atoms with Gasteiger partial charge in [-0.05, 0) is 0 Å². The molecule has 0 saturated heterocycles. The molecule has 3 amide bonds. The number of azo groups is 1. The standard InChI is InChI=1S/C14H11N3O4/c1-10(19)16-15-9-17(11(2)20)14(21)13(8-18)12-6-4-3-5-7-12/h3-4,6-7,9H,1-2H3. The smallest absolute Gasteiger partial charge is 0.269 e. The second-order valence-corrected chi connectivity index (χ2v) is 3.81. The van der Waals surface area contributed by atoms with Crippen LogP contribution in [0.2, 0.25) is 0 Å². The van der Waals surface area contributed by atoms with Gasteiger partial charge in [-0.15, -0.1) is 10.1 Å². The van der Waals surface area contributed by atoms with E-state index in [9.17, 15) is 19.2 Å². The van der Waals surface area contributed by atoms with Crippen molar-refractivity contribution in [3.05, 3.63) is 35.9 Å². The van der Waals surface area contributed by atoms with E-state index >= 15 is 0 Å². The first-order valence-corrected chi connectivity index (χ1v) is 5.78. The number of hydrogen-bond donors (Lipinski definition) is 0. The van der Waals surface area contributed by atoms with Crippen LogP contribution < -0.4 is 0 Å². The van der Waals surface area contributed by atoms with Crippen LogP contribution >= 0.6 is 0 Å². The minimum Gasteiger partial charge on any atom is -0.269 e. The second-order valence-electron chi connectivity index (χ2n) is 3.81. The van der Waals surface area contributed by atoms with E-state index in [0.717, 1.165) is 20.2 Å². The van der Waals surface area contributed by atoms with Gasteiger partial charge in [0.05, 0.1) is 5.11 Å². The number of carbonyl (C=O) groups excluding carboxylic acids is 4. The average molecular weight is 285 g/mol. The molecule has 0 atom stereocenters. The molecule has 0 saturated carbocycles. The molecule has 0 N–H and O–H groups in total. The molecule has 7 heteroatoms. The van der Waals surface area contributed by atoms with Gasteiger partial charge in [0.1, 0.15) is 11.5 Å². The summed E-state index contributed by atoms with van der Waals surface area (Å²) in [6, 6.07) is 8.79. The van der Waals surface area contributed by atoms with Crippen LogP contribution in [0.3, 0.4) is 0 Å². The Kier molecular flexibility index (Phi) is 5.73. The lowest BCUT2D eigenvalue weighted by Gasteiger charge is -2.06. The number of benzene rings is 1. The van der Waals surface area contributed by atoms with Crippen molar-refractivity contribution in [3.63, 3.8) is 0 Å². The first-order chi connectivity index (χ1) is 9.97. The van der Waals surface area contributed by atoms with Crippen LogP contribution in [0.15, 0.2) is 34.5 Å². The fourth-order valence-electron chi connectivity index (χ4n) is 1.33. The highest BCUT2D eigenvalue weighted by Crippen LogP contribution is 2.12. The van der Waals surface area contributed by atoms with Crippen LogP contribution in [0, 0.1) is 6.07 Å². The molecule has 7 nitrogen and oxygen atoms in total. The average Bonchev–Trinajstić information content (AvgIpc) is 2.44. The number of rotatable bonds is 3. The molecule has 1 aromatic carbocycles. The molecule has 0 fully saturated rings. The van der Waals surface area contributed by atoms with Crippen molar-refractivity contribution in [1.82, 2.24) is 0 Å². The van der Waals surface area contributed by atoms with Crippen LogP contribution in [0.4, 0.5) is 0 Å². The van der Waals surface area contributed by atoms with Crippen molar-refractivity contribution < 1.29 is 23.8 Å². The third kappa shape index (κ3) is 4.52. The van der Waals surface area contributed by atoms with E-state index in [-0.39, 0.29) is 11.1 Å². The molecular formula is C14H11N3O4. The molecule has 0 aliphatic rings. The Morgan fingerprint density at radius 2 is 2.05 bits per heavy atom. The van der Waals surface area contributed by atoms with E-state index in [1.165, 1.54) is 18.1 Å². The Bertz CT molecular complexity index is 683. The third-order valence-corrected chi connectivity index (χ3v) is 2.24. The molecule has 0 aromatic heterocycles.